The average Bonchev–Trinajstić information content (AvgIpc) is 2.60. The molecule has 0 saturated heterocycles. The van der Waals surface area contributed by atoms with Crippen LogP contribution in [0.5, 0.6) is 0 Å². The van der Waals surface area contributed by atoms with Crippen LogP contribution in [0.2, 0.25) is 0 Å². The van der Waals surface area contributed by atoms with Crippen molar-refractivity contribution in [2.75, 3.05) is 0 Å². The van der Waals surface area contributed by atoms with Crippen LogP contribution >= 0.6 is 0 Å². The van der Waals surface area contributed by atoms with Gasteiger partial charge in [-0.15, -0.1) is 0 Å². The first kappa shape index (κ1) is 8.80. The molecule has 1 aliphatic rings. The molecule has 0 fully saturated rings. The molecule has 5 nitrogen and oxygen atoms in total. The van der Waals surface area contributed by atoms with Gasteiger partial charge in [0.15, 0.2) is 0 Å². The zero-order valence-corrected chi connectivity index (χ0v) is 7.36. The van der Waals surface area contributed by atoms with Crippen LogP contribution in [0.1, 0.15) is 34.5 Å². The zero-order valence-electron chi connectivity index (χ0n) is 7.36. The lowest BCUT2D eigenvalue weighted by molar-refractivity contribution is 0.0696. The van der Waals surface area contributed by atoms with Gasteiger partial charge in [-0.3, -0.25) is 0 Å². The molecule has 0 aromatic carbocycles. The molecule has 1 aromatic heterocycles. The van der Waals surface area contributed by atoms with Crippen LogP contribution in [0, 0.1) is 0 Å². The smallest absolute Gasteiger partial charge is 0.339 e. The molecule has 0 radical (unpaired) electrons. The molecule has 5 heteroatoms. The topological polar surface area (TPSA) is 83.0 Å². The standard InChI is InChI=1S/C9H9NO4/c11-9(12)5-4-14-7-3-1-2-6(10-13)8(5)7/h4,13H,1-3H2,(H,11,12). The van der Waals surface area contributed by atoms with Crippen molar-refractivity contribution in [2.45, 2.75) is 19.3 Å². The summed E-state index contributed by atoms with van der Waals surface area (Å²) < 4.78 is 5.11. The van der Waals surface area contributed by atoms with E-state index in [1.165, 1.54) is 6.26 Å². The summed E-state index contributed by atoms with van der Waals surface area (Å²) in [4.78, 5) is 10.8. The van der Waals surface area contributed by atoms with Gasteiger partial charge in [0, 0.05) is 6.42 Å². The number of furan rings is 1. The Balaban J connectivity index is 2.58. The number of fused-ring (bicyclic) bond motifs is 1. The first-order chi connectivity index (χ1) is 6.74. The van der Waals surface area contributed by atoms with E-state index in [1.807, 2.05) is 0 Å². The molecule has 1 aromatic rings. The number of oxime groups is 1. The molecular weight excluding hydrogens is 186 g/mol. The van der Waals surface area contributed by atoms with Crippen LogP contribution in [-0.4, -0.2) is 22.0 Å². The summed E-state index contributed by atoms with van der Waals surface area (Å²) in [6, 6.07) is 0. The third-order valence-corrected chi connectivity index (χ3v) is 2.32. The highest BCUT2D eigenvalue weighted by Gasteiger charge is 2.26. The third kappa shape index (κ3) is 1.17. The Kier molecular flexibility index (Phi) is 1.99. The van der Waals surface area contributed by atoms with Gasteiger partial charge in [-0.25, -0.2) is 4.79 Å². The van der Waals surface area contributed by atoms with E-state index in [4.69, 9.17) is 14.7 Å². The maximum Gasteiger partial charge on any atom is 0.339 e. The maximum atomic E-state index is 10.8. The molecule has 0 atom stereocenters. The van der Waals surface area contributed by atoms with Gasteiger partial charge >= 0.3 is 5.97 Å². The molecule has 74 valence electrons. The van der Waals surface area contributed by atoms with Crippen molar-refractivity contribution < 1.29 is 19.5 Å². The Bertz CT molecular complexity index is 405. The van der Waals surface area contributed by atoms with Gasteiger partial charge in [-0.2, -0.15) is 0 Å². The van der Waals surface area contributed by atoms with Gasteiger partial charge in [-0.05, 0) is 12.8 Å². The van der Waals surface area contributed by atoms with Gasteiger partial charge in [0.25, 0.3) is 0 Å². The first-order valence-electron chi connectivity index (χ1n) is 4.29. The van der Waals surface area contributed by atoms with Gasteiger partial charge < -0.3 is 14.7 Å². The largest absolute Gasteiger partial charge is 0.478 e. The first-order valence-corrected chi connectivity index (χ1v) is 4.29. The summed E-state index contributed by atoms with van der Waals surface area (Å²) in [7, 11) is 0. The minimum Gasteiger partial charge on any atom is -0.478 e. The molecule has 14 heavy (non-hydrogen) atoms. The minimum absolute atomic E-state index is 0.0764. The fourth-order valence-electron chi connectivity index (χ4n) is 1.70. The van der Waals surface area contributed by atoms with E-state index in [1.54, 1.807) is 0 Å². The molecule has 2 rings (SSSR count). The Morgan fingerprint density at radius 3 is 2.93 bits per heavy atom. The summed E-state index contributed by atoms with van der Waals surface area (Å²) >= 11 is 0. The number of carbonyl (C=O) groups is 1. The summed E-state index contributed by atoms with van der Waals surface area (Å²) in [6.07, 6.45) is 3.30. The lowest BCUT2D eigenvalue weighted by Crippen LogP contribution is -2.13. The molecule has 0 aliphatic heterocycles. The number of rotatable bonds is 1. The molecule has 0 amide bonds. The minimum atomic E-state index is -1.06. The fraction of sp³-hybridized carbons (Fsp3) is 0.333. The fourth-order valence-corrected chi connectivity index (χ4v) is 1.70. The highest BCUT2D eigenvalue weighted by atomic mass is 16.4. The van der Waals surface area contributed by atoms with Crippen molar-refractivity contribution in [3.8, 4) is 0 Å². The number of hydrogen-bond donors (Lipinski definition) is 2. The van der Waals surface area contributed by atoms with Crippen molar-refractivity contribution >= 4 is 11.7 Å². The Hall–Kier alpha value is -1.78. The van der Waals surface area contributed by atoms with Crippen molar-refractivity contribution in [1.29, 1.82) is 0 Å². The number of carboxylic acids is 1. The summed E-state index contributed by atoms with van der Waals surface area (Å²) in [5.74, 6) is -0.459. The van der Waals surface area contributed by atoms with E-state index in [0.717, 1.165) is 6.42 Å². The quantitative estimate of drug-likeness (QED) is 0.525. The van der Waals surface area contributed by atoms with Gasteiger partial charge in [0.05, 0.1) is 11.3 Å². The van der Waals surface area contributed by atoms with Crippen molar-refractivity contribution in [3.05, 3.63) is 23.2 Å². The van der Waals surface area contributed by atoms with Crippen molar-refractivity contribution in [1.82, 2.24) is 0 Å². The van der Waals surface area contributed by atoms with Gasteiger partial charge in [0.1, 0.15) is 17.6 Å². The lowest BCUT2D eigenvalue weighted by Gasteiger charge is -2.11. The van der Waals surface area contributed by atoms with E-state index < -0.39 is 5.97 Å². The Labute approximate surface area is 79.6 Å². The predicted octanol–water partition coefficient (Wildman–Crippen LogP) is 1.49. The number of carboxylic acid groups (broad SMARTS) is 1. The molecular formula is C9H9NO4. The molecule has 1 aliphatic carbocycles. The second kappa shape index (κ2) is 3.17. The Morgan fingerprint density at radius 1 is 1.50 bits per heavy atom. The lowest BCUT2D eigenvalue weighted by atomic mass is 9.93. The van der Waals surface area contributed by atoms with Crippen molar-refractivity contribution in [2.24, 2.45) is 5.16 Å². The number of aromatic carboxylic acids is 1. The number of aryl methyl sites for hydroxylation is 1. The summed E-state index contributed by atoms with van der Waals surface area (Å²) in [5.41, 5.74) is 0.927. The van der Waals surface area contributed by atoms with Crippen LogP contribution < -0.4 is 0 Å². The normalized spacial score (nSPS) is 18.1. The van der Waals surface area contributed by atoms with E-state index in [9.17, 15) is 4.79 Å². The number of nitrogens with zero attached hydrogens (tertiary/aromatic N) is 1. The third-order valence-electron chi connectivity index (χ3n) is 2.32. The van der Waals surface area contributed by atoms with Gasteiger partial charge in [-0.1, -0.05) is 5.16 Å². The predicted molar refractivity (Wildman–Crippen MR) is 46.9 cm³/mol. The average molecular weight is 195 g/mol. The zero-order chi connectivity index (χ0) is 10.1. The summed E-state index contributed by atoms with van der Waals surface area (Å²) in [6.45, 7) is 0. The molecule has 0 unspecified atom stereocenters. The number of hydrogen-bond acceptors (Lipinski definition) is 4. The van der Waals surface area contributed by atoms with E-state index in [2.05, 4.69) is 5.16 Å². The van der Waals surface area contributed by atoms with E-state index in [0.29, 0.717) is 29.9 Å². The Morgan fingerprint density at radius 2 is 2.29 bits per heavy atom. The van der Waals surface area contributed by atoms with Crippen LogP contribution in [0.3, 0.4) is 0 Å². The molecule has 0 bridgehead atoms. The SMILES string of the molecule is O=C(O)c1coc2c1C(=NO)CCC2. The van der Waals surface area contributed by atoms with E-state index >= 15 is 0 Å². The molecule has 0 spiro atoms. The second-order valence-electron chi connectivity index (χ2n) is 3.15. The second-order valence-corrected chi connectivity index (χ2v) is 3.15. The molecule has 0 saturated carbocycles. The van der Waals surface area contributed by atoms with Crippen LogP contribution in [-0.2, 0) is 6.42 Å². The van der Waals surface area contributed by atoms with Crippen molar-refractivity contribution in [3.63, 3.8) is 0 Å². The summed E-state index contributed by atoms with van der Waals surface area (Å²) in [5, 5.41) is 20.7. The van der Waals surface area contributed by atoms with E-state index in [-0.39, 0.29) is 5.56 Å². The van der Waals surface area contributed by atoms with Crippen LogP contribution in [0.15, 0.2) is 15.8 Å². The molecule has 1 heterocycles. The highest BCUT2D eigenvalue weighted by molar-refractivity contribution is 6.09. The maximum absolute atomic E-state index is 10.8. The van der Waals surface area contributed by atoms with Crippen LogP contribution in [0.4, 0.5) is 0 Å². The van der Waals surface area contributed by atoms with Gasteiger partial charge in [0.2, 0.25) is 0 Å². The molecule has 2 N–H and O–H groups in total. The monoisotopic (exact) mass is 195 g/mol. The van der Waals surface area contributed by atoms with Crippen LogP contribution in [0.25, 0.3) is 0 Å². The highest BCUT2D eigenvalue weighted by Crippen LogP contribution is 2.26.